The average Bonchev–Trinajstić information content (AvgIpc) is 2.22. The summed E-state index contributed by atoms with van der Waals surface area (Å²) in [5.41, 5.74) is 8.53. The molecule has 0 aliphatic carbocycles. The monoisotopic (exact) mass is 234 g/mol. The number of anilines is 3. The highest BCUT2D eigenvalue weighted by Crippen LogP contribution is 2.22. The van der Waals surface area contributed by atoms with E-state index in [2.05, 4.69) is 5.32 Å². The summed E-state index contributed by atoms with van der Waals surface area (Å²) in [5, 5.41) is 2.97. The SMILES string of the molecule is Cc1cc(N)cc(Nc2ccc(F)c(F)c2)c1. The summed E-state index contributed by atoms with van der Waals surface area (Å²) >= 11 is 0. The van der Waals surface area contributed by atoms with Crippen LogP contribution in [0.15, 0.2) is 36.4 Å². The van der Waals surface area contributed by atoms with Gasteiger partial charge in [0.15, 0.2) is 11.6 Å². The minimum Gasteiger partial charge on any atom is -0.399 e. The highest BCUT2D eigenvalue weighted by Gasteiger charge is 2.03. The van der Waals surface area contributed by atoms with Crippen molar-refractivity contribution in [2.24, 2.45) is 0 Å². The molecule has 2 aromatic rings. The van der Waals surface area contributed by atoms with Crippen LogP contribution in [-0.2, 0) is 0 Å². The summed E-state index contributed by atoms with van der Waals surface area (Å²) in [6, 6.07) is 9.09. The van der Waals surface area contributed by atoms with E-state index in [4.69, 9.17) is 5.73 Å². The number of nitrogen functional groups attached to an aromatic ring is 1. The molecule has 0 atom stereocenters. The van der Waals surface area contributed by atoms with Gasteiger partial charge in [0.2, 0.25) is 0 Å². The van der Waals surface area contributed by atoms with Crippen molar-refractivity contribution in [1.82, 2.24) is 0 Å². The minimum atomic E-state index is -0.879. The fourth-order valence-electron chi connectivity index (χ4n) is 1.63. The van der Waals surface area contributed by atoms with Gasteiger partial charge >= 0.3 is 0 Å². The number of hydrogen-bond donors (Lipinski definition) is 2. The molecule has 0 fully saturated rings. The maximum absolute atomic E-state index is 13.0. The average molecular weight is 234 g/mol. The Bertz CT molecular complexity index is 533. The van der Waals surface area contributed by atoms with Crippen LogP contribution in [0, 0.1) is 18.6 Å². The van der Waals surface area contributed by atoms with Gasteiger partial charge in [0.05, 0.1) is 0 Å². The second-order valence-electron chi connectivity index (χ2n) is 3.89. The first-order valence-electron chi connectivity index (χ1n) is 5.14. The zero-order valence-corrected chi connectivity index (χ0v) is 9.30. The number of aryl methyl sites for hydroxylation is 1. The van der Waals surface area contributed by atoms with Crippen LogP contribution in [0.25, 0.3) is 0 Å². The number of halogens is 2. The molecule has 2 nitrogen and oxygen atoms in total. The quantitative estimate of drug-likeness (QED) is 0.779. The van der Waals surface area contributed by atoms with Crippen LogP contribution < -0.4 is 11.1 Å². The molecule has 0 aromatic heterocycles. The highest BCUT2D eigenvalue weighted by molar-refractivity contribution is 5.64. The van der Waals surface area contributed by atoms with Gasteiger partial charge in [-0.25, -0.2) is 8.78 Å². The van der Waals surface area contributed by atoms with Crippen LogP contribution >= 0.6 is 0 Å². The lowest BCUT2D eigenvalue weighted by molar-refractivity contribution is 0.509. The standard InChI is InChI=1S/C13H12F2N2/c1-8-4-9(16)6-11(5-8)17-10-2-3-12(14)13(15)7-10/h2-7,17H,16H2,1H3. The molecule has 0 aliphatic rings. The van der Waals surface area contributed by atoms with Crippen molar-refractivity contribution in [3.05, 3.63) is 53.6 Å². The van der Waals surface area contributed by atoms with E-state index in [-0.39, 0.29) is 0 Å². The van der Waals surface area contributed by atoms with Gasteiger partial charge in [0.1, 0.15) is 0 Å². The van der Waals surface area contributed by atoms with Crippen molar-refractivity contribution < 1.29 is 8.78 Å². The van der Waals surface area contributed by atoms with Crippen LogP contribution in [0.2, 0.25) is 0 Å². The van der Waals surface area contributed by atoms with Crippen molar-refractivity contribution in [2.75, 3.05) is 11.1 Å². The van der Waals surface area contributed by atoms with Crippen molar-refractivity contribution >= 4 is 17.1 Å². The molecular weight excluding hydrogens is 222 g/mol. The van der Waals surface area contributed by atoms with Crippen LogP contribution in [0.3, 0.4) is 0 Å². The Labute approximate surface area is 98.1 Å². The Kier molecular flexibility index (Phi) is 2.95. The van der Waals surface area contributed by atoms with E-state index < -0.39 is 11.6 Å². The molecule has 88 valence electrons. The zero-order valence-electron chi connectivity index (χ0n) is 9.30. The van der Waals surface area contributed by atoms with Gasteiger partial charge in [0, 0.05) is 23.1 Å². The lowest BCUT2D eigenvalue weighted by atomic mass is 10.2. The summed E-state index contributed by atoms with van der Waals surface area (Å²) < 4.78 is 25.7. The van der Waals surface area contributed by atoms with Gasteiger partial charge in [-0.05, 0) is 42.8 Å². The van der Waals surface area contributed by atoms with E-state index in [1.165, 1.54) is 6.07 Å². The van der Waals surface area contributed by atoms with Gasteiger partial charge in [-0.2, -0.15) is 0 Å². The first kappa shape index (κ1) is 11.4. The summed E-state index contributed by atoms with van der Waals surface area (Å²) in [6.45, 7) is 1.91. The fraction of sp³-hybridized carbons (Fsp3) is 0.0769. The van der Waals surface area contributed by atoms with E-state index in [9.17, 15) is 8.78 Å². The summed E-state index contributed by atoms with van der Waals surface area (Å²) in [5.74, 6) is -1.74. The molecule has 3 N–H and O–H groups in total. The Morgan fingerprint density at radius 3 is 2.35 bits per heavy atom. The summed E-state index contributed by atoms with van der Waals surface area (Å²) in [4.78, 5) is 0. The van der Waals surface area contributed by atoms with Crippen molar-refractivity contribution in [1.29, 1.82) is 0 Å². The summed E-state index contributed by atoms with van der Waals surface area (Å²) in [7, 11) is 0. The third-order valence-corrected chi connectivity index (χ3v) is 2.31. The third-order valence-electron chi connectivity index (χ3n) is 2.31. The van der Waals surface area contributed by atoms with E-state index in [1.807, 2.05) is 19.1 Å². The molecule has 4 heteroatoms. The van der Waals surface area contributed by atoms with Crippen molar-refractivity contribution in [2.45, 2.75) is 6.92 Å². The van der Waals surface area contributed by atoms with Gasteiger partial charge in [-0.1, -0.05) is 0 Å². The maximum Gasteiger partial charge on any atom is 0.160 e. The lowest BCUT2D eigenvalue weighted by Gasteiger charge is -2.08. The number of nitrogens with one attached hydrogen (secondary N) is 1. The van der Waals surface area contributed by atoms with Crippen molar-refractivity contribution in [3.8, 4) is 0 Å². The van der Waals surface area contributed by atoms with Gasteiger partial charge < -0.3 is 11.1 Å². The smallest absolute Gasteiger partial charge is 0.160 e. The maximum atomic E-state index is 13.0. The molecule has 2 rings (SSSR count). The molecule has 0 heterocycles. The molecule has 17 heavy (non-hydrogen) atoms. The van der Waals surface area contributed by atoms with Gasteiger partial charge in [-0.15, -0.1) is 0 Å². The Balaban J connectivity index is 2.28. The Hall–Kier alpha value is -2.10. The predicted octanol–water partition coefficient (Wildman–Crippen LogP) is 3.60. The molecule has 0 saturated heterocycles. The first-order valence-corrected chi connectivity index (χ1v) is 5.14. The topological polar surface area (TPSA) is 38.0 Å². The second kappa shape index (κ2) is 4.41. The molecule has 0 bridgehead atoms. The van der Waals surface area contributed by atoms with E-state index in [0.717, 1.165) is 23.4 Å². The van der Waals surface area contributed by atoms with E-state index in [0.29, 0.717) is 11.4 Å². The number of nitrogens with two attached hydrogens (primary N) is 1. The highest BCUT2D eigenvalue weighted by atomic mass is 19.2. The molecule has 0 spiro atoms. The second-order valence-corrected chi connectivity index (χ2v) is 3.89. The summed E-state index contributed by atoms with van der Waals surface area (Å²) in [6.07, 6.45) is 0. The number of hydrogen-bond acceptors (Lipinski definition) is 2. The van der Waals surface area contributed by atoms with Crippen LogP contribution in [-0.4, -0.2) is 0 Å². The normalized spacial score (nSPS) is 10.3. The lowest BCUT2D eigenvalue weighted by Crippen LogP contribution is -1.95. The van der Waals surface area contributed by atoms with E-state index in [1.54, 1.807) is 6.07 Å². The molecule has 2 aromatic carbocycles. The molecule has 0 aliphatic heterocycles. The van der Waals surface area contributed by atoms with Gasteiger partial charge in [-0.3, -0.25) is 0 Å². The molecule has 0 saturated carbocycles. The molecule has 0 amide bonds. The largest absolute Gasteiger partial charge is 0.399 e. The predicted molar refractivity (Wildman–Crippen MR) is 65.2 cm³/mol. The van der Waals surface area contributed by atoms with Gasteiger partial charge in [0.25, 0.3) is 0 Å². The first-order chi connectivity index (χ1) is 8.04. The zero-order chi connectivity index (χ0) is 12.4. The molecular formula is C13H12F2N2. The third kappa shape index (κ3) is 2.72. The van der Waals surface area contributed by atoms with Crippen molar-refractivity contribution in [3.63, 3.8) is 0 Å². The Morgan fingerprint density at radius 1 is 0.941 bits per heavy atom. The minimum absolute atomic E-state index is 0.480. The molecule has 0 unspecified atom stereocenters. The number of rotatable bonds is 2. The molecule has 0 radical (unpaired) electrons. The van der Waals surface area contributed by atoms with Crippen LogP contribution in [0.4, 0.5) is 25.8 Å². The fourth-order valence-corrected chi connectivity index (χ4v) is 1.63. The Morgan fingerprint density at radius 2 is 1.71 bits per heavy atom. The number of benzene rings is 2. The van der Waals surface area contributed by atoms with Crippen LogP contribution in [0.1, 0.15) is 5.56 Å². The van der Waals surface area contributed by atoms with E-state index >= 15 is 0 Å². The van der Waals surface area contributed by atoms with Crippen LogP contribution in [0.5, 0.6) is 0 Å².